The van der Waals surface area contributed by atoms with E-state index in [9.17, 15) is 25.2 Å². The predicted octanol–water partition coefficient (Wildman–Crippen LogP) is 4.67. The molecule has 6 aliphatic rings. The Hall–Kier alpha value is -1.29. The second kappa shape index (κ2) is 11.2. The lowest BCUT2D eigenvalue weighted by Gasteiger charge is -2.64. The van der Waals surface area contributed by atoms with E-state index in [0.717, 1.165) is 56.9 Å². The van der Waals surface area contributed by atoms with Crippen LogP contribution in [0.4, 0.5) is 0 Å². The standard InChI is InChI=1S/C36H56O8/c1-19(2)24-10-8-20(31(41)42-24)21-12-16-36(7)23-9-11-26-33(3,4)27(14-15-34(26,5)22(23)13-17-35(21,36)6)44-32-30(40)29(39)28(38)25(18-37)43-32/h8,11,19,21-25,27-30,32,37-40H,9-10,12-18H2,1-7H3/t21?,22?,23?,24-,25+,27?,28+,29-,30+,32-,34+,35+,36-/m0/s1. The number of aliphatic hydroxyl groups excluding tert-OH is 4. The first-order chi connectivity index (χ1) is 20.6. The summed E-state index contributed by atoms with van der Waals surface area (Å²) in [7, 11) is 0. The van der Waals surface area contributed by atoms with Gasteiger partial charge in [0.2, 0.25) is 0 Å². The molecule has 4 unspecified atom stereocenters. The summed E-state index contributed by atoms with van der Waals surface area (Å²) in [6, 6.07) is 0. The molecule has 3 saturated carbocycles. The summed E-state index contributed by atoms with van der Waals surface area (Å²) in [5.74, 6) is 1.53. The van der Waals surface area contributed by atoms with Crippen LogP contribution < -0.4 is 0 Å². The molecule has 0 radical (unpaired) electrons. The van der Waals surface area contributed by atoms with Gasteiger partial charge in [0, 0.05) is 17.4 Å². The highest BCUT2D eigenvalue weighted by atomic mass is 16.7. The summed E-state index contributed by atoms with van der Waals surface area (Å²) in [6.45, 7) is 15.6. The highest BCUT2D eigenvalue weighted by molar-refractivity contribution is 5.90. The van der Waals surface area contributed by atoms with Gasteiger partial charge in [-0.25, -0.2) is 4.79 Å². The highest BCUT2D eigenvalue weighted by Crippen LogP contribution is 2.73. The smallest absolute Gasteiger partial charge is 0.334 e. The van der Waals surface area contributed by atoms with E-state index in [1.807, 2.05) is 0 Å². The van der Waals surface area contributed by atoms with Crippen LogP contribution >= 0.6 is 0 Å². The van der Waals surface area contributed by atoms with Gasteiger partial charge in [0.1, 0.15) is 30.5 Å². The molecular weight excluding hydrogens is 560 g/mol. The molecule has 4 aliphatic carbocycles. The van der Waals surface area contributed by atoms with E-state index in [1.165, 1.54) is 5.57 Å². The van der Waals surface area contributed by atoms with Crippen molar-refractivity contribution in [2.75, 3.05) is 6.61 Å². The van der Waals surface area contributed by atoms with E-state index in [4.69, 9.17) is 14.2 Å². The van der Waals surface area contributed by atoms with Crippen LogP contribution in [0, 0.1) is 45.3 Å². The summed E-state index contributed by atoms with van der Waals surface area (Å²) < 4.78 is 18.1. The molecule has 0 aromatic heterocycles. The lowest BCUT2D eigenvalue weighted by Crippen LogP contribution is -2.61. The number of carbonyl (C=O) groups is 1. The van der Waals surface area contributed by atoms with Crippen molar-refractivity contribution in [3.8, 4) is 0 Å². The zero-order chi connectivity index (χ0) is 32.0. The van der Waals surface area contributed by atoms with Crippen LogP contribution in [0.5, 0.6) is 0 Å². The van der Waals surface area contributed by atoms with Gasteiger partial charge in [-0.05, 0) is 84.9 Å². The molecule has 2 heterocycles. The van der Waals surface area contributed by atoms with Gasteiger partial charge in [0.15, 0.2) is 6.29 Å². The fourth-order valence-electron chi connectivity index (χ4n) is 11.1. The van der Waals surface area contributed by atoms with Gasteiger partial charge in [-0.15, -0.1) is 0 Å². The molecule has 0 aromatic rings. The van der Waals surface area contributed by atoms with E-state index >= 15 is 0 Å². The lowest BCUT2D eigenvalue weighted by atomic mass is 9.40. The van der Waals surface area contributed by atoms with Crippen molar-refractivity contribution < 1.29 is 39.4 Å². The third-order valence-corrected chi connectivity index (χ3v) is 14.1. The fourth-order valence-corrected chi connectivity index (χ4v) is 11.1. The summed E-state index contributed by atoms with van der Waals surface area (Å²) >= 11 is 0. The molecule has 0 bridgehead atoms. The zero-order valence-corrected chi connectivity index (χ0v) is 27.8. The molecule has 44 heavy (non-hydrogen) atoms. The van der Waals surface area contributed by atoms with Gasteiger partial charge >= 0.3 is 5.97 Å². The monoisotopic (exact) mass is 616 g/mol. The van der Waals surface area contributed by atoms with Crippen LogP contribution in [-0.4, -0.2) is 75.9 Å². The molecule has 2 aliphatic heterocycles. The van der Waals surface area contributed by atoms with Crippen molar-refractivity contribution >= 4 is 5.97 Å². The minimum atomic E-state index is -1.45. The number of hydrogen-bond acceptors (Lipinski definition) is 8. The minimum absolute atomic E-state index is 0.0115. The summed E-state index contributed by atoms with van der Waals surface area (Å²) in [5.41, 5.74) is 2.18. The normalized spacial score (nSPS) is 50.2. The Bertz CT molecular complexity index is 1190. The van der Waals surface area contributed by atoms with Crippen LogP contribution in [-0.2, 0) is 19.0 Å². The molecule has 0 amide bonds. The van der Waals surface area contributed by atoms with Gasteiger partial charge in [-0.1, -0.05) is 66.2 Å². The summed E-state index contributed by atoms with van der Waals surface area (Å²) in [4.78, 5) is 13.3. The number of cyclic esters (lactones) is 1. The van der Waals surface area contributed by atoms with E-state index in [-0.39, 0.29) is 45.8 Å². The molecule has 0 spiro atoms. The molecule has 8 heteroatoms. The van der Waals surface area contributed by atoms with Gasteiger partial charge in [0.05, 0.1) is 12.7 Å². The first kappa shape index (κ1) is 32.6. The minimum Gasteiger partial charge on any atom is -0.458 e. The molecule has 248 valence electrons. The number of esters is 1. The van der Waals surface area contributed by atoms with Crippen molar-refractivity contribution in [2.24, 2.45) is 45.3 Å². The Morgan fingerprint density at radius 1 is 0.886 bits per heavy atom. The van der Waals surface area contributed by atoms with Crippen LogP contribution in [0.15, 0.2) is 23.3 Å². The zero-order valence-electron chi connectivity index (χ0n) is 27.8. The van der Waals surface area contributed by atoms with E-state index in [2.05, 4.69) is 60.6 Å². The van der Waals surface area contributed by atoms with Crippen molar-refractivity contribution in [3.63, 3.8) is 0 Å². The Balaban J connectivity index is 1.24. The van der Waals surface area contributed by atoms with Crippen LogP contribution in [0.1, 0.15) is 99.8 Å². The quantitative estimate of drug-likeness (QED) is 0.259. The molecule has 6 rings (SSSR count). The Morgan fingerprint density at radius 3 is 2.25 bits per heavy atom. The molecule has 13 atom stereocenters. The molecular formula is C36H56O8. The highest BCUT2D eigenvalue weighted by Gasteiger charge is 2.67. The Labute approximate surface area is 263 Å². The van der Waals surface area contributed by atoms with Crippen molar-refractivity contribution in [2.45, 2.75) is 143 Å². The predicted molar refractivity (Wildman–Crippen MR) is 165 cm³/mol. The summed E-state index contributed by atoms with van der Waals surface area (Å²) in [6.07, 6.45) is 6.01. The fraction of sp³-hybridized carbons (Fsp3) is 0.861. The maximum absolute atomic E-state index is 13.3. The molecule has 1 saturated heterocycles. The molecule has 8 nitrogen and oxygen atoms in total. The van der Waals surface area contributed by atoms with E-state index in [1.54, 1.807) is 0 Å². The topological polar surface area (TPSA) is 126 Å². The molecule has 4 fully saturated rings. The maximum Gasteiger partial charge on any atom is 0.334 e. The third kappa shape index (κ3) is 4.63. The largest absolute Gasteiger partial charge is 0.458 e. The van der Waals surface area contributed by atoms with E-state index < -0.39 is 37.3 Å². The van der Waals surface area contributed by atoms with Crippen molar-refractivity contribution in [1.82, 2.24) is 0 Å². The van der Waals surface area contributed by atoms with Crippen LogP contribution in [0.2, 0.25) is 0 Å². The number of carbonyl (C=O) groups excluding carboxylic acids is 1. The van der Waals surface area contributed by atoms with Crippen molar-refractivity contribution in [1.29, 1.82) is 0 Å². The van der Waals surface area contributed by atoms with E-state index in [0.29, 0.717) is 17.8 Å². The van der Waals surface area contributed by atoms with Crippen LogP contribution in [0.25, 0.3) is 0 Å². The maximum atomic E-state index is 13.3. The Kier molecular flexibility index (Phi) is 8.28. The first-order valence-corrected chi connectivity index (χ1v) is 17.2. The first-order valence-electron chi connectivity index (χ1n) is 17.2. The Morgan fingerprint density at radius 2 is 1.59 bits per heavy atom. The number of aliphatic hydroxyl groups is 4. The second-order valence-corrected chi connectivity index (χ2v) is 16.6. The number of allylic oxidation sites excluding steroid dienone is 1. The number of ether oxygens (including phenoxy) is 3. The second-order valence-electron chi connectivity index (χ2n) is 16.6. The summed E-state index contributed by atoms with van der Waals surface area (Å²) in [5, 5.41) is 40.9. The number of rotatable bonds is 5. The van der Waals surface area contributed by atoms with Gasteiger partial charge in [-0.3, -0.25) is 0 Å². The third-order valence-electron chi connectivity index (χ3n) is 14.1. The number of fused-ring (bicyclic) bond motifs is 5. The van der Waals surface area contributed by atoms with Gasteiger partial charge < -0.3 is 34.6 Å². The van der Waals surface area contributed by atoms with Crippen LogP contribution in [0.3, 0.4) is 0 Å². The number of hydrogen-bond donors (Lipinski definition) is 4. The van der Waals surface area contributed by atoms with Crippen molar-refractivity contribution in [3.05, 3.63) is 23.3 Å². The SMILES string of the molecule is CC(C)[C@@H]1CC=C(C2CC[C@@]3(C)C4CC=C5C(C)(C)C(O[C@@H]6O[C@H](CO)[C@@H](O)[C@H](O)[C@H]6O)CC[C@]5(C)C4CC[C@]23C)C(=O)O1. The average Bonchev–Trinajstić information content (AvgIpc) is 3.25. The lowest BCUT2D eigenvalue weighted by molar-refractivity contribution is -0.320. The van der Waals surface area contributed by atoms with Gasteiger partial charge in [-0.2, -0.15) is 0 Å². The average molecular weight is 617 g/mol. The molecule has 0 aromatic carbocycles. The molecule has 4 N–H and O–H groups in total. The van der Waals surface area contributed by atoms with Gasteiger partial charge in [0.25, 0.3) is 0 Å².